The molecular formula is C18H18ClNO3. The molecule has 1 aliphatic heterocycles. The Morgan fingerprint density at radius 1 is 1.13 bits per heavy atom. The van der Waals surface area contributed by atoms with E-state index in [4.69, 9.17) is 21.1 Å². The van der Waals surface area contributed by atoms with Crippen molar-refractivity contribution in [1.82, 2.24) is 4.90 Å². The fraction of sp³-hybridized carbons (Fsp3) is 0.278. The lowest BCUT2D eigenvalue weighted by molar-refractivity contribution is 0.156. The van der Waals surface area contributed by atoms with E-state index in [-0.39, 0.29) is 6.09 Å². The van der Waals surface area contributed by atoms with Crippen LogP contribution >= 0.6 is 11.6 Å². The Labute approximate surface area is 140 Å². The molecule has 0 saturated carbocycles. The minimum absolute atomic E-state index is 0.241. The maximum Gasteiger partial charge on any atom is 0.409 e. The van der Waals surface area contributed by atoms with Crippen LogP contribution in [-0.2, 0) is 4.74 Å². The minimum Gasteiger partial charge on any atom is -0.492 e. The molecule has 1 heterocycles. The predicted molar refractivity (Wildman–Crippen MR) is 89.9 cm³/mol. The lowest BCUT2D eigenvalue weighted by Gasteiger charge is -2.13. The van der Waals surface area contributed by atoms with Crippen molar-refractivity contribution in [1.29, 1.82) is 0 Å². The molecule has 1 amide bonds. The largest absolute Gasteiger partial charge is 0.492 e. The molecule has 0 bridgehead atoms. The summed E-state index contributed by atoms with van der Waals surface area (Å²) in [4.78, 5) is 13.0. The average Bonchev–Trinajstić information content (AvgIpc) is 2.98. The fourth-order valence-electron chi connectivity index (χ4n) is 2.49. The number of nitrogens with zero attached hydrogens (tertiary/aromatic N) is 1. The molecule has 4 nitrogen and oxygen atoms in total. The zero-order valence-electron chi connectivity index (χ0n) is 12.7. The van der Waals surface area contributed by atoms with Crippen LogP contribution in [0.2, 0.25) is 5.02 Å². The van der Waals surface area contributed by atoms with Crippen molar-refractivity contribution in [2.75, 3.05) is 26.3 Å². The molecule has 1 saturated heterocycles. The molecule has 5 heteroatoms. The average molecular weight is 332 g/mol. The van der Waals surface area contributed by atoms with Crippen molar-refractivity contribution >= 4 is 17.7 Å². The van der Waals surface area contributed by atoms with Crippen molar-refractivity contribution in [2.45, 2.75) is 6.42 Å². The summed E-state index contributed by atoms with van der Waals surface area (Å²) in [6, 6.07) is 15.8. The number of amides is 1. The van der Waals surface area contributed by atoms with Gasteiger partial charge >= 0.3 is 6.09 Å². The van der Waals surface area contributed by atoms with Crippen molar-refractivity contribution in [3.8, 4) is 16.9 Å². The highest BCUT2D eigenvalue weighted by atomic mass is 35.5. The van der Waals surface area contributed by atoms with Crippen LogP contribution in [0.1, 0.15) is 6.42 Å². The number of rotatable bonds is 6. The second-order valence-electron chi connectivity index (χ2n) is 5.31. The summed E-state index contributed by atoms with van der Waals surface area (Å²) in [6.45, 7) is 2.28. The Morgan fingerprint density at radius 3 is 2.65 bits per heavy atom. The van der Waals surface area contributed by atoms with Crippen LogP contribution in [0.25, 0.3) is 11.1 Å². The van der Waals surface area contributed by atoms with Gasteiger partial charge in [-0.2, -0.15) is 0 Å². The van der Waals surface area contributed by atoms with Crippen molar-refractivity contribution < 1.29 is 14.3 Å². The molecule has 1 fully saturated rings. The molecule has 2 aromatic carbocycles. The number of halogens is 1. The number of benzene rings is 2. The quantitative estimate of drug-likeness (QED) is 0.744. The van der Waals surface area contributed by atoms with Crippen LogP contribution in [0, 0.1) is 0 Å². The SMILES string of the molecule is O=C1OCCN1CCCOc1ccc(-c2ccccc2)cc1Cl. The molecule has 0 radical (unpaired) electrons. The van der Waals surface area contributed by atoms with Crippen molar-refractivity contribution in [2.24, 2.45) is 0 Å². The van der Waals surface area contributed by atoms with E-state index in [2.05, 4.69) is 0 Å². The zero-order valence-corrected chi connectivity index (χ0v) is 13.5. The fourth-order valence-corrected chi connectivity index (χ4v) is 2.73. The van der Waals surface area contributed by atoms with E-state index in [9.17, 15) is 4.79 Å². The summed E-state index contributed by atoms with van der Waals surface area (Å²) >= 11 is 6.30. The van der Waals surface area contributed by atoms with Gasteiger partial charge in [0.25, 0.3) is 0 Å². The first-order chi connectivity index (χ1) is 11.2. The van der Waals surface area contributed by atoms with Gasteiger partial charge in [-0.1, -0.05) is 48.0 Å². The maximum absolute atomic E-state index is 11.3. The lowest BCUT2D eigenvalue weighted by atomic mass is 10.1. The van der Waals surface area contributed by atoms with E-state index in [0.717, 1.165) is 17.5 Å². The second-order valence-corrected chi connectivity index (χ2v) is 5.72. The minimum atomic E-state index is -0.241. The lowest BCUT2D eigenvalue weighted by Crippen LogP contribution is -2.26. The number of hydrogen-bond donors (Lipinski definition) is 0. The molecule has 0 atom stereocenters. The number of ether oxygens (including phenoxy) is 2. The van der Waals surface area contributed by atoms with Gasteiger partial charge in [0.1, 0.15) is 12.4 Å². The van der Waals surface area contributed by atoms with Gasteiger partial charge in [-0.25, -0.2) is 4.79 Å². The first-order valence-electron chi connectivity index (χ1n) is 7.63. The first-order valence-corrected chi connectivity index (χ1v) is 8.01. The van der Waals surface area contributed by atoms with Crippen molar-refractivity contribution in [3.05, 3.63) is 53.6 Å². The maximum atomic E-state index is 11.3. The highest BCUT2D eigenvalue weighted by Crippen LogP contribution is 2.30. The Morgan fingerprint density at radius 2 is 1.96 bits per heavy atom. The van der Waals surface area contributed by atoms with E-state index in [1.807, 2.05) is 48.5 Å². The number of hydrogen-bond acceptors (Lipinski definition) is 3. The molecule has 0 aromatic heterocycles. The van der Waals surface area contributed by atoms with Gasteiger partial charge in [-0.05, 0) is 29.7 Å². The number of cyclic esters (lactones) is 1. The molecular weight excluding hydrogens is 314 g/mol. The Balaban J connectivity index is 1.53. The van der Waals surface area contributed by atoms with E-state index >= 15 is 0 Å². The standard InChI is InChI=1S/C18H18ClNO3/c19-16-13-15(14-5-2-1-3-6-14)7-8-17(16)22-11-4-9-20-10-12-23-18(20)21/h1-3,5-8,13H,4,9-12H2. The van der Waals surface area contributed by atoms with Crippen molar-refractivity contribution in [3.63, 3.8) is 0 Å². The van der Waals surface area contributed by atoms with Gasteiger partial charge in [0.05, 0.1) is 18.2 Å². The van der Waals surface area contributed by atoms with Gasteiger partial charge in [0.15, 0.2) is 0 Å². The third kappa shape index (κ3) is 3.96. The van der Waals surface area contributed by atoms with Gasteiger partial charge < -0.3 is 14.4 Å². The summed E-state index contributed by atoms with van der Waals surface area (Å²) < 4.78 is 10.6. The Bertz CT molecular complexity index is 675. The molecule has 23 heavy (non-hydrogen) atoms. The summed E-state index contributed by atoms with van der Waals surface area (Å²) in [6.07, 6.45) is 0.501. The van der Waals surface area contributed by atoms with E-state index in [1.165, 1.54) is 0 Å². The molecule has 1 aliphatic rings. The van der Waals surface area contributed by atoms with Crippen LogP contribution in [-0.4, -0.2) is 37.3 Å². The summed E-state index contributed by atoms with van der Waals surface area (Å²) in [7, 11) is 0. The van der Waals surface area contributed by atoms with Gasteiger partial charge in [0, 0.05) is 6.54 Å². The van der Waals surface area contributed by atoms with Gasteiger partial charge in [0.2, 0.25) is 0 Å². The molecule has 0 aliphatic carbocycles. The second kappa shape index (κ2) is 7.38. The number of carbonyl (C=O) groups is 1. The van der Waals surface area contributed by atoms with Crippen LogP contribution in [0.5, 0.6) is 5.75 Å². The van der Waals surface area contributed by atoms with E-state index in [1.54, 1.807) is 4.90 Å². The molecule has 0 N–H and O–H groups in total. The molecule has 2 aromatic rings. The Kier molecular flexibility index (Phi) is 5.03. The summed E-state index contributed by atoms with van der Waals surface area (Å²) in [5.41, 5.74) is 2.18. The predicted octanol–water partition coefficient (Wildman–Crippen LogP) is 4.23. The van der Waals surface area contributed by atoms with Crippen LogP contribution in [0.4, 0.5) is 4.79 Å². The topological polar surface area (TPSA) is 38.8 Å². The van der Waals surface area contributed by atoms with Crippen LogP contribution < -0.4 is 4.74 Å². The van der Waals surface area contributed by atoms with Crippen LogP contribution in [0.3, 0.4) is 0 Å². The highest BCUT2D eigenvalue weighted by Gasteiger charge is 2.20. The number of carbonyl (C=O) groups excluding carboxylic acids is 1. The normalized spacial score (nSPS) is 14.0. The highest BCUT2D eigenvalue weighted by molar-refractivity contribution is 6.32. The zero-order chi connectivity index (χ0) is 16.1. The third-order valence-electron chi connectivity index (χ3n) is 3.71. The summed E-state index contributed by atoms with van der Waals surface area (Å²) in [5.74, 6) is 0.662. The van der Waals surface area contributed by atoms with E-state index in [0.29, 0.717) is 37.1 Å². The smallest absolute Gasteiger partial charge is 0.409 e. The van der Waals surface area contributed by atoms with E-state index < -0.39 is 0 Å². The third-order valence-corrected chi connectivity index (χ3v) is 4.01. The first kappa shape index (κ1) is 15.7. The molecule has 3 rings (SSSR count). The summed E-state index contributed by atoms with van der Waals surface area (Å²) in [5, 5.41) is 0.590. The Hall–Kier alpha value is -2.20. The van der Waals surface area contributed by atoms with Crippen LogP contribution in [0.15, 0.2) is 48.5 Å². The van der Waals surface area contributed by atoms with Gasteiger partial charge in [-0.15, -0.1) is 0 Å². The molecule has 120 valence electrons. The molecule has 0 unspecified atom stereocenters. The molecule has 0 spiro atoms. The monoisotopic (exact) mass is 331 g/mol. The van der Waals surface area contributed by atoms with Gasteiger partial charge in [-0.3, -0.25) is 0 Å².